The van der Waals surface area contributed by atoms with E-state index >= 15 is 0 Å². The molecule has 1 unspecified atom stereocenters. The van der Waals surface area contributed by atoms with Crippen LogP contribution in [0.5, 0.6) is 0 Å². The summed E-state index contributed by atoms with van der Waals surface area (Å²) in [5.74, 6) is -0.285. The van der Waals surface area contributed by atoms with Crippen molar-refractivity contribution < 1.29 is 9.59 Å². The molecule has 8 heteroatoms. The summed E-state index contributed by atoms with van der Waals surface area (Å²) in [5, 5.41) is 6.94. The maximum Gasteiger partial charge on any atom is 0.255 e. The Labute approximate surface area is 152 Å². The molecule has 1 aliphatic heterocycles. The van der Waals surface area contributed by atoms with Crippen molar-refractivity contribution in [3.05, 3.63) is 30.2 Å². The van der Waals surface area contributed by atoms with E-state index in [1.54, 1.807) is 23.1 Å². The molecule has 26 heavy (non-hydrogen) atoms. The first-order valence-electron chi connectivity index (χ1n) is 8.83. The number of nitrogens with zero attached hydrogens (tertiary/aromatic N) is 4. The summed E-state index contributed by atoms with van der Waals surface area (Å²) in [4.78, 5) is 31.2. The minimum atomic E-state index is -0.554. The Hall–Kier alpha value is -2.90. The first-order chi connectivity index (χ1) is 12.5. The normalized spacial score (nSPS) is 15.1. The van der Waals surface area contributed by atoms with Gasteiger partial charge in [0, 0.05) is 43.7 Å². The highest BCUT2D eigenvalue weighted by atomic mass is 16.2. The number of aryl methyl sites for hydroxylation is 1. The molecule has 2 amide bonds. The lowest BCUT2D eigenvalue weighted by Gasteiger charge is -2.23. The molecule has 1 aliphatic rings. The number of carbonyl (C=O) groups is 2. The van der Waals surface area contributed by atoms with Gasteiger partial charge in [0.1, 0.15) is 11.9 Å². The second-order valence-corrected chi connectivity index (χ2v) is 6.53. The number of hydrogen-bond donors (Lipinski definition) is 2. The molecule has 3 N–H and O–H groups in total. The van der Waals surface area contributed by atoms with E-state index in [2.05, 4.69) is 15.4 Å². The molecule has 3 rings (SSSR count). The van der Waals surface area contributed by atoms with E-state index < -0.39 is 6.04 Å². The van der Waals surface area contributed by atoms with E-state index in [9.17, 15) is 9.59 Å². The second kappa shape index (κ2) is 7.55. The number of pyridine rings is 1. The number of likely N-dealkylation sites (tertiary alicyclic amines) is 1. The van der Waals surface area contributed by atoms with E-state index in [0.717, 1.165) is 37.1 Å². The molecule has 0 saturated carbocycles. The smallest absolute Gasteiger partial charge is 0.255 e. The Morgan fingerprint density at radius 2 is 2.00 bits per heavy atom. The summed E-state index contributed by atoms with van der Waals surface area (Å²) >= 11 is 0. The lowest BCUT2D eigenvalue weighted by molar-refractivity contribution is -0.132. The number of nitrogen functional groups attached to an aromatic ring is 1. The molecule has 1 fully saturated rings. The summed E-state index contributed by atoms with van der Waals surface area (Å²) < 4.78 is 1.67. The zero-order chi connectivity index (χ0) is 18.7. The molecule has 2 aromatic heterocycles. The monoisotopic (exact) mass is 356 g/mol. The second-order valence-electron chi connectivity index (χ2n) is 6.53. The van der Waals surface area contributed by atoms with Crippen LogP contribution in [0.1, 0.15) is 36.5 Å². The van der Waals surface area contributed by atoms with Crippen LogP contribution in [0.15, 0.2) is 24.7 Å². The van der Waals surface area contributed by atoms with Gasteiger partial charge in [0.2, 0.25) is 5.91 Å². The van der Waals surface area contributed by atoms with Crippen LogP contribution in [0.3, 0.4) is 0 Å². The number of nitrogens with two attached hydrogens (primary N) is 1. The molecular formula is C18H24N6O2. The van der Waals surface area contributed by atoms with Gasteiger partial charge in [-0.15, -0.1) is 0 Å². The van der Waals surface area contributed by atoms with Gasteiger partial charge < -0.3 is 16.0 Å². The molecule has 0 radical (unpaired) electrons. The van der Waals surface area contributed by atoms with Crippen molar-refractivity contribution in [2.45, 2.75) is 32.2 Å². The molecule has 8 nitrogen and oxygen atoms in total. The van der Waals surface area contributed by atoms with E-state index in [1.807, 2.05) is 25.1 Å². The van der Waals surface area contributed by atoms with Gasteiger partial charge in [0.25, 0.3) is 5.91 Å². The van der Waals surface area contributed by atoms with Crippen molar-refractivity contribution >= 4 is 17.6 Å². The van der Waals surface area contributed by atoms with Crippen LogP contribution in [0.4, 0.5) is 5.82 Å². The lowest BCUT2D eigenvalue weighted by atomic mass is 10.1. The Balaban J connectivity index is 1.78. The van der Waals surface area contributed by atoms with Crippen LogP contribution in [-0.2, 0) is 11.8 Å². The van der Waals surface area contributed by atoms with Crippen LogP contribution < -0.4 is 11.1 Å². The topological polar surface area (TPSA) is 106 Å². The van der Waals surface area contributed by atoms with E-state index in [4.69, 9.17) is 5.73 Å². The molecule has 2 aromatic rings. The molecule has 0 bridgehead atoms. The predicted octanol–water partition coefficient (Wildman–Crippen LogP) is 1.20. The Bertz CT molecular complexity index is 810. The maximum atomic E-state index is 12.7. The van der Waals surface area contributed by atoms with Gasteiger partial charge >= 0.3 is 0 Å². The van der Waals surface area contributed by atoms with Gasteiger partial charge in [0.15, 0.2) is 0 Å². The SMILES string of the molecule is CCC(NC(=O)c1cc(-c2cnn(C)c2)cnc1N)C(=O)N1CCCC1. The standard InChI is InChI=1S/C18H24N6O2/c1-3-15(18(26)24-6-4-5-7-24)22-17(25)14-8-12(9-20-16(14)19)13-10-21-23(2)11-13/h8-11,15H,3-7H2,1-2H3,(H2,19,20)(H,22,25). The van der Waals surface area contributed by atoms with E-state index in [1.165, 1.54) is 0 Å². The van der Waals surface area contributed by atoms with Gasteiger partial charge in [-0.2, -0.15) is 5.10 Å². The van der Waals surface area contributed by atoms with Crippen molar-refractivity contribution in [2.24, 2.45) is 7.05 Å². The Kier molecular flexibility index (Phi) is 5.20. The molecular weight excluding hydrogens is 332 g/mol. The van der Waals surface area contributed by atoms with Gasteiger partial charge in [0.05, 0.1) is 11.8 Å². The van der Waals surface area contributed by atoms with Gasteiger partial charge in [-0.1, -0.05) is 6.92 Å². The number of aromatic nitrogens is 3. The van der Waals surface area contributed by atoms with Crippen molar-refractivity contribution in [2.75, 3.05) is 18.8 Å². The fourth-order valence-corrected chi connectivity index (χ4v) is 3.12. The first-order valence-corrected chi connectivity index (χ1v) is 8.83. The summed E-state index contributed by atoms with van der Waals surface area (Å²) in [6.45, 7) is 3.39. The minimum absolute atomic E-state index is 0.0340. The van der Waals surface area contributed by atoms with Crippen LogP contribution in [0.2, 0.25) is 0 Å². The van der Waals surface area contributed by atoms with Gasteiger partial charge in [-0.3, -0.25) is 14.3 Å². The third-order valence-corrected chi connectivity index (χ3v) is 4.63. The molecule has 1 atom stereocenters. The highest BCUT2D eigenvalue weighted by Crippen LogP contribution is 2.21. The third kappa shape index (κ3) is 3.68. The summed E-state index contributed by atoms with van der Waals surface area (Å²) in [5.41, 5.74) is 7.75. The average Bonchev–Trinajstić information content (AvgIpc) is 3.31. The number of hydrogen-bond acceptors (Lipinski definition) is 5. The zero-order valence-corrected chi connectivity index (χ0v) is 15.1. The average molecular weight is 356 g/mol. The van der Waals surface area contributed by atoms with Crippen LogP contribution >= 0.6 is 0 Å². The predicted molar refractivity (Wildman–Crippen MR) is 98.2 cm³/mol. The fraction of sp³-hybridized carbons (Fsp3) is 0.444. The number of amides is 2. The number of rotatable bonds is 5. The molecule has 1 saturated heterocycles. The summed E-state index contributed by atoms with van der Waals surface area (Å²) in [7, 11) is 1.82. The van der Waals surface area contributed by atoms with E-state index in [0.29, 0.717) is 6.42 Å². The highest BCUT2D eigenvalue weighted by molar-refractivity contribution is 6.01. The van der Waals surface area contributed by atoms with Crippen molar-refractivity contribution in [3.63, 3.8) is 0 Å². The molecule has 0 aromatic carbocycles. The molecule has 0 aliphatic carbocycles. The summed E-state index contributed by atoms with van der Waals surface area (Å²) in [6.07, 6.45) is 7.69. The van der Waals surface area contributed by atoms with Crippen LogP contribution in [0, 0.1) is 0 Å². The van der Waals surface area contributed by atoms with Crippen molar-refractivity contribution in [1.82, 2.24) is 25.0 Å². The first kappa shape index (κ1) is 17.9. The molecule has 3 heterocycles. The fourth-order valence-electron chi connectivity index (χ4n) is 3.12. The van der Waals surface area contributed by atoms with Crippen molar-refractivity contribution in [1.29, 1.82) is 0 Å². The minimum Gasteiger partial charge on any atom is -0.383 e. The molecule has 0 spiro atoms. The lowest BCUT2D eigenvalue weighted by Crippen LogP contribution is -2.47. The Morgan fingerprint density at radius 1 is 1.27 bits per heavy atom. The maximum absolute atomic E-state index is 12.7. The third-order valence-electron chi connectivity index (χ3n) is 4.63. The van der Waals surface area contributed by atoms with Gasteiger partial charge in [-0.05, 0) is 25.3 Å². The highest BCUT2D eigenvalue weighted by Gasteiger charge is 2.27. The van der Waals surface area contributed by atoms with E-state index in [-0.39, 0.29) is 23.2 Å². The van der Waals surface area contributed by atoms with Gasteiger partial charge in [-0.25, -0.2) is 4.98 Å². The van der Waals surface area contributed by atoms with Crippen LogP contribution in [0.25, 0.3) is 11.1 Å². The van der Waals surface area contributed by atoms with Crippen LogP contribution in [-0.4, -0.2) is 50.6 Å². The Morgan fingerprint density at radius 3 is 2.62 bits per heavy atom. The van der Waals surface area contributed by atoms with Crippen molar-refractivity contribution in [3.8, 4) is 11.1 Å². The quantitative estimate of drug-likeness (QED) is 0.837. The zero-order valence-electron chi connectivity index (χ0n) is 15.1. The number of anilines is 1. The number of carbonyl (C=O) groups excluding carboxylic acids is 2. The molecule has 138 valence electrons. The number of nitrogens with one attached hydrogen (secondary N) is 1. The largest absolute Gasteiger partial charge is 0.383 e. The summed E-state index contributed by atoms with van der Waals surface area (Å²) in [6, 6.07) is 1.13.